The van der Waals surface area contributed by atoms with Gasteiger partial charge < -0.3 is 5.32 Å². The molecule has 3 atom stereocenters. The molecule has 0 saturated heterocycles. The van der Waals surface area contributed by atoms with E-state index in [4.69, 9.17) is 0 Å². The Bertz CT molecular complexity index is 1590. The van der Waals surface area contributed by atoms with Gasteiger partial charge in [0.15, 0.2) is 0 Å². The molecule has 0 amide bonds. The number of aryl methyl sites for hydroxylation is 2. The molecular formula is C30H28N2O2S. The van der Waals surface area contributed by atoms with Gasteiger partial charge in [0.2, 0.25) is 0 Å². The summed E-state index contributed by atoms with van der Waals surface area (Å²) in [6.45, 7) is 4.00. The summed E-state index contributed by atoms with van der Waals surface area (Å²) in [5.74, 6) is 0.522. The molecule has 0 aromatic heterocycles. The van der Waals surface area contributed by atoms with E-state index >= 15 is 0 Å². The molecule has 6 rings (SSSR count). The van der Waals surface area contributed by atoms with Crippen LogP contribution >= 0.6 is 0 Å². The van der Waals surface area contributed by atoms with Crippen molar-refractivity contribution in [3.8, 4) is 0 Å². The van der Waals surface area contributed by atoms with Crippen LogP contribution in [0.1, 0.15) is 40.6 Å². The lowest BCUT2D eigenvalue weighted by molar-refractivity contribution is 0.425. The van der Waals surface area contributed by atoms with Crippen LogP contribution in [0.25, 0.3) is 10.8 Å². The molecule has 1 heterocycles. The number of fused-ring (bicyclic) bond motifs is 4. The third-order valence-corrected chi connectivity index (χ3v) is 8.92. The van der Waals surface area contributed by atoms with Crippen LogP contribution in [0.4, 0.5) is 11.4 Å². The Kier molecular flexibility index (Phi) is 5.19. The quantitative estimate of drug-likeness (QED) is 0.307. The van der Waals surface area contributed by atoms with Crippen molar-refractivity contribution < 1.29 is 8.42 Å². The largest absolute Gasteiger partial charge is 0.378 e. The van der Waals surface area contributed by atoms with Gasteiger partial charge in [0.25, 0.3) is 10.0 Å². The minimum atomic E-state index is -3.70. The van der Waals surface area contributed by atoms with Gasteiger partial charge >= 0.3 is 0 Å². The van der Waals surface area contributed by atoms with E-state index in [0.717, 1.165) is 28.8 Å². The first-order valence-electron chi connectivity index (χ1n) is 12.0. The van der Waals surface area contributed by atoms with E-state index < -0.39 is 10.0 Å². The number of rotatable bonds is 4. The third kappa shape index (κ3) is 3.90. The third-order valence-electron chi connectivity index (χ3n) is 7.54. The zero-order valence-electron chi connectivity index (χ0n) is 19.8. The van der Waals surface area contributed by atoms with Gasteiger partial charge in [-0.15, -0.1) is 0 Å². The second-order valence-corrected chi connectivity index (χ2v) is 11.4. The lowest BCUT2D eigenvalue weighted by Gasteiger charge is -2.37. The number of sulfonamides is 1. The predicted octanol–water partition coefficient (Wildman–Crippen LogP) is 7.08. The van der Waals surface area contributed by atoms with E-state index in [-0.39, 0.29) is 12.0 Å². The van der Waals surface area contributed by atoms with Crippen LogP contribution in [0.15, 0.2) is 95.9 Å². The summed E-state index contributed by atoms with van der Waals surface area (Å²) in [5.41, 5.74) is 6.08. The zero-order valence-corrected chi connectivity index (χ0v) is 20.6. The number of anilines is 2. The van der Waals surface area contributed by atoms with Gasteiger partial charge in [-0.05, 0) is 95.6 Å². The molecule has 5 heteroatoms. The number of benzene rings is 4. The van der Waals surface area contributed by atoms with Gasteiger partial charge in [0.05, 0.1) is 10.9 Å². The Morgan fingerprint density at radius 2 is 1.69 bits per heavy atom. The molecule has 0 radical (unpaired) electrons. The molecule has 176 valence electrons. The highest BCUT2D eigenvalue weighted by Crippen LogP contribution is 2.50. The van der Waals surface area contributed by atoms with E-state index in [1.54, 1.807) is 6.07 Å². The normalized spacial score (nSPS) is 20.8. The maximum absolute atomic E-state index is 13.2. The molecule has 0 fully saturated rings. The van der Waals surface area contributed by atoms with E-state index in [1.165, 1.54) is 16.3 Å². The lowest BCUT2D eigenvalue weighted by atomic mass is 9.77. The molecule has 3 unspecified atom stereocenters. The van der Waals surface area contributed by atoms with Gasteiger partial charge in [-0.2, -0.15) is 0 Å². The second kappa shape index (κ2) is 8.28. The van der Waals surface area contributed by atoms with E-state index in [2.05, 4.69) is 64.7 Å². The standard InChI is InChI=1S/C30H28N2O2S/c1-19-10-13-24(16-20(19)2)32-35(33,34)25-14-15-29-28(18-25)26-8-5-9-27(26)30(31-29)23-12-11-21-6-3-4-7-22(21)17-23/h3-8,10-18,26-27,30-32H,9H2,1-2H3. The monoisotopic (exact) mass is 480 g/mol. The Labute approximate surface area is 206 Å². The van der Waals surface area contributed by atoms with Gasteiger partial charge in [0.1, 0.15) is 0 Å². The number of allylic oxidation sites excluding steroid dienone is 2. The van der Waals surface area contributed by atoms with Crippen molar-refractivity contribution in [2.75, 3.05) is 10.0 Å². The fraction of sp³-hybridized carbons (Fsp3) is 0.200. The summed E-state index contributed by atoms with van der Waals surface area (Å²) in [6.07, 6.45) is 5.44. The fourth-order valence-electron chi connectivity index (χ4n) is 5.49. The maximum atomic E-state index is 13.2. The fourth-order valence-corrected chi connectivity index (χ4v) is 6.57. The molecule has 0 bridgehead atoms. The first-order valence-corrected chi connectivity index (χ1v) is 13.5. The summed E-state index contributed by atoms with van der Waals surface area (Å²) < 4.78 is 29.2. The summed E-state index contributed by atoms with van der Waals surface area (Å²) in [7, 11) is -3.70. The van der Waals surface area contributed by atoms with Crippen molar-refractivity contribution in [2.24, 2.45) is 5.92 Å². The van der Waals surface area contributed by atoms with Crippen molar-refractivity contribution in [1.29, 1.82) is 0 Å². The molecule has 0 spiro atoms. The first kappa shape index (κ1) is 21.9. The summed E-state index contributed by atoms with van der Waals surface area (Å²) in [4.78, 5) is 0.291. The molecule has 4 aromatic rings. The molecule has 2 N–H and O–H groups in total. The average molecular weight is 481 g/mol. The van der Waals surface area contributed by atoms with Crippen molar-refractivity contribution in [2.45, 2.75) is 37.1 Å². The van der Waals surface area contributed by atoms with Crippen LogP contribution in [-0.2, 0) is 10.0 Å². The maximum Gasteiger partial charge on any atom is 0.261 e. The van der Waals surface area contributed by atoms with Crippen molar-refractivity contribution in [3.63, 3.8) is 0 Å². The van der Waals surface area contributed by atoms with Gasteiger partial charge in [0, 0.05) is 17.3 Å². The summed E-state index contributed by atoms with van der Waals surface area (Å²) in [6, 6.07) is 26.4. The molecule has 2 aliphatic rings. The van der Waals surface area contributed by atoms with Crippen molar-refractivity contribution in [3.05, 3.63) is 113 Å². The Hall–Kier alpha value is -3.57. The van der Waals surface area contributed by atoms with Crippen molar-refractivity contribution in [1.82, 2.24) is 0 Å². The van der Waals surface area contributed by atoms with Gasteiger partial charge in [-0.3, -0.25) is 4.72 Å². The molecule has 1 aliphatic carbocycles. The van der Waals surface area contributed by atoms with Gasteiger partial charge in [-0.1, -0.05) is 54.6 Å². The summed E-state index contributed by atoms with van der Waals surface area (Å²) >= 11 is 0. The molecule has 1 aliphatic heterocycles. The second-order valence-electron chi connectivity index (χ2n) is 9.74. The highest BCUT2D eigenvalue weighted by Gasteiger charge is 2.38. The van der Waals surface area contributed by atoms with Crippen molar-refractivity contribution >= 4 is 32.2 Å². The van der Waals surface area contributed by atoms with E-state index in [9.17, 15) is 8.42 Å². The molecule has 4 nitrogen and oxygen atoms in total. The Morgan fingerprint density at radius 1 is 0.857 bits per heavy atom. The van der Waals surface area contributed by atoms with Crippen LogP contribution in [-0.4, -0.2) is 8.42 Å². The molecule has 35 heavy (non-hydrogen) atoms. The van der Waals surface area contributed by atoms with Crippen LogP contribution in [0.3, 0.4) is 0 Å². The highest BCUT2D eigenvalue weighted by atomic mass is 32.2. The van der Waals surface area contributed by atoms with E-state index in [0.29, 0.717) is 16.5 Å². The Morgan fingerprint density at radius 3 is 2.51 bits per heavy atom. The zero-order chi connectivity index (χ0) is 24.2. The minimum absolute atomic E-state index is 0.170. The summed E-state index contributed by atoms with van der Waals surface area (Å²) in [5, 5.41) is 6.21. The van der Waals surface area contributed by atoms with Crippen LogP contribution in [0.5, 0.6) is 0 Å². The van der Waals surface area contributed by atoms with Crippen LogP contribution in [0.2, 0.25) is 0 Å². The van der Waals surface area contributed by atoms with Crippen LogP contribution in [0, 0.1) is 19.8 Å². The molecular weight excluding hydrogens is 452 g/mol. The Balaban J connectivity index is 1.34. The molecule has 0 saturated carbocycles. The first-order chi connectivity index (χ1) is 16.9. The number of hydrogen-bond donors (Lipinski definition) is 2. The predicted molar refractivity (Wildman–Crippen MR) is 143 cm³/mol. The van der Waals surface area contributed by atoms with E-state index in [1.807, 2.05) is 44.2 Å². The smallest absolute Gasteiger partial charge is 0.261 e. The SMILES string of the molecule is Cc1ccc(NS(=O)(=O)c2ccc3c(c2)C2C=CCC2C(c2ccc4ccccc4c2)N3)cc1C. The van der Waals surface area contributed by atoms with Crippen LogP contribution < -0.4 is 10.0 Å². The minimum Gasteiger partial charge on any atom is -0.378 e. The topological polar surface area (TPSA) is 58.2 Å². The lowest BCUT2D eigenvalue weighted by Crippen LogP contribution is -2.29. The average Bonchev–Trinajstić information content (AvgIpc) is 3.35. The highest BCUT2D eigenvalue weighted by molar-refractivity contribution is 7.92. The van der Waals surface area contributed by atoms with Gasteiger partial charge in [-0.25, -0.2) is 8.42 Å². The molecule has 4 aromatic carbocycles. The number of hydrogen-bond acceptors (Lipinski definition) is 3. The number of nitrogens with one attached hydrogen (secondary N) is 2.